The number of rotatable bonds is 5. The second kappa shape index (κ2) is 7.87. The summed E-state index contributed by atoms with van der Waals surface area (Å²) < 4.78 is 5.46. The Balaban J connectivity index is 1.50. The number of hydrogen-bond acceptors (Lipinski definition) is 3. The molecule has 1 aromatic heterocycles. The summed E-state index contributed by atoms with van der Waals surface area (Å²) in [6, 6.07) is 10.9. The Morgan fingerprint density at radius 1 is 1.20 bits per heavy atom. The van der Waals surface area contributed by atoms with Gasteiger partial charge in [-0.3, -0.25) is 9.69 Å². The van der Waals surface area contributed by atoms with Crippen LogP contribution in [0.5, 0.6) is 0 Å². The molecule has 3 rings (SSSR count). The summed E-state index contributed by atoms with van der Waals surface area (Å²) in [7, 11) is 0. The van der Waals surface area contributed by atoms with Gasteiger partial charge in [0.1, 0.15) is 11.5 Å². The molecule has 0 aliphatic carbocycles. The molecule has 4 nitrogen and oxygen atoms in total. The van der Waals surface area contributed by atoms with Crippen LogP contribution in [0, 0.1) is 13.8 Å². The van der Waals surface area contributed by atoms with Crippen molar-refractivity contribution in [2.45, 2.75) is 52.6 Å². The van der Waals surface area contributed by atoms with E-state index in [-0.39, 0.29) is 11.9 Å². The molecule has 134 valence electrons. The molecule has 1 amide bonds. The number of carbonyl (C=O) groups is 1. The van der Waals surface area contributed by atoms with Crippen LogP contribution in [-0.2, 0) is 13.0 Å². The molecule has 4 heteroatoms. The largest absolute Gasteiger partial charge is 0.466 e. The Labute approximate surface area is 150 Å². The van der Waals surface area contributed by atoms with Gasteiger partial charge in [0.05, 0.1) is 5.56 Å². The average Bonchev–Trinajstić information content (AvgIpc) is 2.95. The normalized spacial score (nSPS) is 16.1. The van der Waals surface area contributed by atoms with Crippen molar-refractivity contribution in [3.8, 4) is 0 Å². The zero-order valence-corrected chi connectivity index (χ0v) is 15.5. The molecule has 1 aliphatic heterocycles. The van der Waals surface area contributed by atoms with Gasteiger partial charge in [-0.1, -0.05) is 31.2 Å². The van der Waals surface area contributed by atoms with E-state index < -0.39 is 0 Å². The van der Waals surface area contributed by atoms with Crippen molar-refractivity contribution in [2.24, 2.45) is 0 Å². The van der Waals surface area contributed by atoms with Gasteiger partial charge in [0.15, 0.2) is 0 Å². The summed E-state index contributed by atoms with van der Waals surface area (Å²) in [5, 5.41) is 3.17. The second-order valence-electron chi connectivity index (χ2n) is 7.02. The van der Waals surface area contributed by atoms with E-state index in [1.165, 1.54) is 11.1 Å². The highest BCUT2D eigenvalue weighted by Gasteiger charge is 2.22. The monoisotopic (exact) mass is 340 g/mol. The quantitative estimate of drug-likeness (QED) is 0.899. The summed E-state index contributed by atoms with van der Waals surface area (Å²) >= 11 is 0. The van der Waals surface area contributed by atoms with Crippen LogP contribution in [0.3, 0.4) is 0 Å². The molecule has 1 fully saturated rings. The SMILES string of the molecule is CCc1cccc(CN2CCC(NC(=O)c3cc(C)oc3C)CC2)c1. The maximum atomic E-state index is 12.4. The Morgan fingerprint density at radius 3 is 2.56 bits per heavy atom. The van der Waals surface area contributed by atoms with Crippen LogP contribution >= 0.6 is 0 Å². The number of hydrogen-bond donors (Lipinski definition) is 1. The lowest BCUT2D eigenvalue weighted by Gasteiger charge is -2.32. The Kier molecular flexibility index (Phi) is 5.59. The zero-order chi connectivity index (χ0) is 17.8. The van der Waals surface area contributed by atoms with Gasteiger partial charge in [-0.15, -0.1) is 0 Å². The minimum absolute atomic E-state index is 0.0107. The van der Waals surface area contributed by atoms with E-state index in [9.17, 15) is 4.79 Å². The van der Waals surface area contributed by atoms with Gasteiger partial charge in [-0.2, -0.15) is 0 Å². The highest BCUT2D eigenvalue weighted by molar-refractivity contribution is 5.95. The number of carbonyl (C=O) groups excluding carboxylic acids is 1. The minimum atomic E-state index is -0.0107. The van der Waals surface area contributed by atoms with Gasteiger partial charge >= 0.3 is 0 Å². The fraction of sp³-hybridized carbons (Fsp3) is 0.476. The van der Waals surface area contributed by atoms with Crippen LogP contribution in [-0.4, -0.2) is 29.9 Å². The smallest absolute Gasteiger partial charge is 0.255 e. The molecule has 0 bridgehead atoms. The zero-order valence-electron chi connectivity index (χ0n) is 15.5. The number of nitrogens with zero attached hydrogens (tertiary/aromatic N) is 1. The van der Waals surface area contributed by atoms with Gasteiger partial charge in [0, 0.05) is 25.7 Å². The summed E-state index contributed by atoms with van der Waals surface area (Å²) in [4.78, 5) is 14.9. The molecule has 0 unspecified atom stereocenters. The molecule has 1 aromatic carbocycles. The van der Waals surface area contributed by atoms with Crippen molar-refractivity contribution in [1.82, 2.24) is 10.2 Å². The molecule has 0 atom stereocenters. The predicted octanol–water partition coefficient (Wildman–Crippen LogP) is 3.85. The average molecular weight is 340 g/mol. The van der Waals surface area contributed by atoms with Crippen LogP contribution in [0.4, 0.5) is 0 Å². The van der Waals surface area contributed by atoms with Crippen LogP contribution < -0.4 is 5.32 Å². The first-order valence-corrected chi connectivity index (χ1v) is 9.23. The van der Waals surface area contributed by atoms with Crippen molar-refractivity contribution >= 4 is 5.91 Å². The summed E-state index contributed by atoms with van der Waals surface area (Å²) in [5.41, 5.74) is 3.44. The molecule has 25 heavy (non-hydrogen) atoms. The summed E-state index contributed by atoms with van der Waals surface area (Å²) in [6.45, 7) is 8.94. The first-order chi connectivity index (χ1) is 12.0. The number of aryl methyl sites for hydroxylation is 3. The van der Waals surface area contributed by atoms with E-state index in [4.69, 9.17) is 4.42 Å². The first kappa shape index (κ1) is 17.7. The third-order valence-corrected chi connectivity index (χ3v) is 5.01. The van der Waals surface area contributed by atoms with Gasteiger partial charge in [0.25, 0.3) is 5.91 Å². The third-order valence-electron chi connectivity index (χ3n) is 5.01. The van der Waals surface area contributed by atoms with Crippen molar-refractivity contribution in [2.75, 3.05) is 13.1 Å². The molecule has 0 spiro atoms. The summed E-state index contributed by atoms with van der Waals surface area (Å²) in [5.74, 6) is 1.47. The van der Waals surface area contributed by atoms with Crippen LogP contribution in [0.2, 0.25) is 0 Å². The number of piperidine rings is 1. The van der Waals surface area contributed by atoms with Gasteiger partial charge in [0.2, 0.25) is 0 Å². The van der Waals surface area contributed by atoms with E-state index in [0.717, 1.165) is 44.7 Å². The van der Waals surface area contributed by atoms with Gasteiger partial charge in [-0.25, -0.2) is 0 Å². The molecular weight excluding hydrogens is 312 g/mol. The van der Waals surface area contributed by atoms with Crippen LogP contribution in [0.15, 0.2) is 34.7 Å². The lowest BCUT2D eigenvalue weighted by Crippen LogP contribution is -2.44. The second-order valence-corrected chi connectivity index (χ2v) is 7.02. The van der Waals surface area contributed by atoms with Crippen LogP contribution in [0.1, 0.15) is 52.8 Å². The summed E-state index contributed by atoms with van der Waals surface area (Å²) in [6.07, 6.45) is 3.07. The number of benzene rings is 1. The predicted molar refractivity (Wildman–Crippen MR) is 99.8 cm³/mol. The Bertz CT molecular complexity index is 727. The fourth-order valence-electron chi connectivity index (χ4n) is 3.56. The molecular formula is C21H28N2O2. The minimum Gasteiger partial charge on any atom is -0.466 e. The topological polar surface area (TPSA) is 45.5 Å². The van der Waals surface area contributed by atoms with E-state index in [1.807, 2.05) is 19.9 Å². The molecule has 2 aromatic rings. The highest BCUT2D eigenvalue weighted by Crippen LogP contribution is 2.17. The maximum Gasteiger partial charge on any atom is 0.255 e. The third kappa shape index (κ3) is 4.51. The number of furan rings is 1. The van der Waals surface area contributed by atoms with Gasteiger partial charge < -0.3 is 9.73 Å². The van der Waals surface area contributed by atoms with E-state index in [2.05, 4.69) is 41.4 Å². The molecule has 1 aliphatic rings. The van der Waals surface area contributed by atoms with Crippen molar-refractivity contribution in [3.05, 3.63) is 58.5 Å². The van der Waals surface area contributed by atoms with Crippen molar-refractivity contribution in [3.63, 3.8) is 0 Å². The first-order valence-electron chi connectivity index (χ1n) is 9.23. The van der Waals surface area contributed by atoms with Crippen molar-refractivity contribution < 1.29 is 9.21 Å². The number of nitrogens with one attached hydrogen (secondary N) is 1. The number of likely N-dealkylation sites (tertiary alicyclic amines) is 1. The molecule has 0 saturated carbocycles. The number of amides is 1. The van der Waals surface area contributed by atoms with Crippen molar-refractivity contribution in [1.29, 1.82) is 0 Å². The standard InChI is InChI=1S/C21H28N2O2/c1-4-17-6-5-7-18(13-17)14-23-10-8-19(9-11-23)22-21(24)20-12-15(2)25-16(20)3/h5-7,12-13,19H,4,8-11,14H2,1-3H3,(H,22,24). The molecule has 1 N–H and O–H groups in total. The molecule has 1 saturated heterocycles. The lowest BCUT2D eigenvalue weighted by atomic mass is 10.0. The fourth-order valence-corrected chi connectivity index (χ4v) is 3.56. The van der Waals surface area contributed by atoms with E-state index in [0.29, 0.717) is 11.3 Å². The van der Waals surface area contributed by atoms with E-state index in [1.54, 1.807) is 0 Å². The van der Waals surface area contributed by atoms with Gasteiger partial charge in [-0.05, 0) is 50.3 Å². The maximum absolute atomic E-state index is 12.4. The molecule has 2 heterocycles. The Morgan fingerprint density at radius 2 is 1.92 bits per heavy atom. The van der Waals surface area contributed by atoms with E-state index >= 15 is 0 Å². The lowest BCUT2D eigenvalue weighted by molar-refractivity contribution is 0.0907. The van der Waals surface area contributed by atoms with Crippen LogP contribution in [0.25, 0.3) is 0 Å². The highest BCUT2D eigenvalue weighted by atomic mass is 16.3. The Hall–Kier alpha value is -2.07. The molecule has 0 radical (unpaired) electrons.